The molecule has 2 aromatic carbocycles. The van der Waals surface area contributed by atoms with Crippen LogP contribution in [-0.2, 0) is 9.53 Å². The first kappa shape index (κ1) is 30.6. The average Bonchev–Trinajstić information content (AvgIpc) is 3.76. The smallest absolute Gasteiger partial charge is 0.161 e. The minimum atomic E-state index is 0.229. The highest BCUT2D eigenvalue weighted by molar-refractivity contribution is 6.35. The number of aromatic nitrogens is 4. The van der Waals surface area contributed by atoms with Crippen molar-refractivity contribution >= 4 is 51.9 Å². The number of halogens is 1. The van der Waals surface area contributed by atoms with Crippen LogP contribution in [0.2, 0.25) is 5.02 Å². The van der Waals surface area contributed by atoms with Crippen molar-refractivity contribution in [1.29, 1.82) is 0 Å². The van der Waals surface area contributed by atoms with E-state index in [1.165, 1.54) is 6.33 Å². The van der Waals surface area contributed by atoms with Crippen LogP contribution in [0.15, 0.2) is 54.9 Å². The van der Waals surface area contributed by atoms with Gasteiger partial charge in [0.15, 0.2) is 17.5 Å². The zero-order valence-corrected chi connectivity index (χ0v) is 24.4. The summed E-state index contributed by atoms with van der Waals surface area (Å²) >= 11 is 6.47. The minimum absolute atomic E-state index is 0.229. The van der Waals surface area contributed by atoms with Crippen LogP contribution in [0.25, 0.3) is 10.9 Å². The third-order valence-electron chi connectivity index (χ3n) is 6.15. The molecule has 0 bridgehead atoms. The van der Waals surface area contributed by atoms with Gasteiger partial charge in [-0.15, -0.1) is 0 Å². The van der Waals surface area contributed by atoms with E-state index < -0.39 is 0 Å². The normalized spacial score (nSPS) is 13.8. The predicted molar refractivity (Wildman–Crippen MR) is 162 cm³/mol. The number of carbonyl (C=O) groups is 1. The SMILES string of the molecule is CC.CNc1ccc(OC)cc1.COC1CN(c2ncnc(Nc3n[nH]c4ccccc34)c2Cl)C1.O=CC1CC1. The number of rotatable bonds is 7. The number of nitrogens with one attached hydrogen (secondary N) is 3. The van der Waals surface area contributed by atoms with Crippen molar-refractivity contribution in [2.75, 3.05) is 49.9 Å². The molecule has 2 aliphatic rings. The first-order valence-electron chi connectivity index (χ1n) is 13.3. The Balaban J connectivity index is 0.000000213. The molecule has 1 saturated heterocycles. The molecular formula is C29H38ClN7O3. The molecule has 40 heavy (non-hydrogen) atoms. The number of anilines is 4. The van der Waals surface area contributed by atoms with Crippen molar-refractivity contribution < 1.29 is 14.3 Å². The van der Waals surface area contributed by atoms with Crippen LogP contribution in [0, 0.1) is 5.92 Å². The standard InChI is InChI=1S/C15H15ClN6O.C8H11NO.C4H6O.C2H6/c1-23-9-6-22(7-9)15-12(16)14(17-8-18-15)19-13-10-4-2-3-5-11(10)20-21-13;1-9-7-3-5-8(10-2)6-4-7;5-3-4-1-2-4;1-2/h2-5,8-9H,6-7H2,1H3,(H2,17,18,19,20,21);3-6,9H,1-2H3;3-4H,1-2H2;1-2H3. The van der Waals surface area contributed by atoms with Crippen LogP contribution >= 0.6 is 11.6 Å². The highest BCUT2D eigenvalue weighted by atomic mass is 35.5. The van der Waals surface area contributed by atoms with Crippen molar-refractivity contribution in [2.24, 2.45) is 5.92 Å². The van der Waals surface area contributed by atoms with Gasteiger partial charge < -0.3 is 29.8 Å². The molecule has 3 N–H and O–H groups in total. The van der Waals surface area contributed by atoms with Gasteiger partial charge in [-0.25, -0.2) is 9.97 Å². The van der Waals surface area contributed by atoms with Crippen LogP contribution in [0.4, 0.5) is 23.1 Å². The van der Waals surface area contributed by atoms with Gasteiger partial charge in [0.25, 0.3) is 0 Å². The summed E-state index contributed by atoms with van der Waals surface area (Å²) in [5.41, 5.74) is 2.05. The summed E-state index contributed by atoms with van der Waals surface area (Å²) in [4.78, 5) is 20.1. The zero-order valence-electron chi connectivity index (χ0n) is 23.6. The van der Waals surface area contributed by atoms with Crippen molar-refractivity contribution in [3.05, 3.63) is 59.9 Å². The second-order valence-electron chi connectivity index (χ2n) is 8.82. The van der Waals surface area contributed by atoms with E-state index in [2.05, 4.69) is 35.7 Å². The number of para-hydroxylation sites is 1. The van der Waals surface area contributed by atoms with Crippen molar-refractivity contribution in [1.82, 2.24) is 20.2 Å². The largest absolute Gasteiger partial charge is 0.497 e. The summed E-state index contributed by atoms with van der Waals surface area (Å²) in [7, 11) is 5.26. The van der Waals surface area contributed by atoms with Gasteiger partial charge in [-0.3, -0.25) is 5.10 Å². The highest BCUT2D eigenvalue weighted by Gasteiger charge is 2.30. The van der Waals surface area contributed by atoms with Crippen LogP contribution in [0.3, 0.4) is 0 Å². The lowest BCUT2D eigenvalue weighted by Gasteiger charge is -2.39. The van der Waals surface area contributed by atoms with Crippen LogP contribution in [0.1, 0.15) is 26.7 Å². The lowest BCUT2D eigenvalue weighted by molar-refractivity contribution is -0.108. The number of H-pyrrole nitrogens is 1. The molecular weight excluding hydrogens is 530 g/mol. The molecule has 214 valence electrons. The lowest BCUT2D eigenvalue weighted by Crippen LogP contribution is -2.52. The molecule has 1 aliphatic carbocycles. The number of aromatic amines is 1. The molecule has 2 aromatic heterocycles. The second-order valence-corrected chi connectivity index (χ2v) is 9.20. The third-order valence-corrected chi connectivity index (χ3v) is 6.50. The summed E-state index contributed by atoms with van der Waals surface area (Å²) in [6.45, 7) is 5.55. The Hall–Kier alpha value is -3.89. The van der Waals surface area contributed by atoms with Crippen molar-refractivity contribution in [3.8, 4) is 5.75 Å². The number of ether oxygens (including phenoxy) is 2. The summed E-state index contributed by atoms with van der Waals surface area (Å²) in [5, 5.41) is 14.9. The Morgan fingerprint density at radius 2 is 1.73 bits per heavy atom. The third kappa shape index (κ3) is 8.30. The molecule has 0 radical (unpaired) electrons. The predicted octanol–water partition coefficient (Wildman–Crippen LogP) is 5.94. The Bertz CT molecular complexity index is 1300. The van der Waals surface area contributed by atoms with Crippen LogP contribution in [-0.4, -0.2) is 66.9 Å². The average molecular weight is 568 g/mol. The molecule has 11 heteroatoms. The fraction of sp³-hybridized carbons (Fsp3) is 0.379. The van der Waals surface area contributed by atoms with E-state index in [-0.39, 0.29) is 6.10 Å². The van der Waals surface area contributed by atoms with E-state index in [0.717, 1.165) is 54.6 Å². The van der Waals surface area contributed by atoms with E-state index >= 15 is 0 Å². The molecule has 6 rings (SSSR count). The molecule has 0 unspecified atom stereocenters. The van der Waals surface area contributed by atoms with Crippen LogP contribution < -0.4 is 20.3 Å². The Kier molecular flexibility index (Phi) is 12.0. The van der Waals surface area contributed by atoms with E-state index in [9.17, 15) is 4.79 Å². The van der Waals surface area contributed by atoms with Gasteiger partial charge in [-0.2, -0.15) is 5.10 Å². The topological polar surface area (TPSA) is 117 Å². The molecule has 0 amide bonds. The molecule has 4 aromatic rings. The van der Waals surface area contributed by atoms with E-state index in [4.69, 9.17) is 21.1 Å². The first-order chi connectivity index (χ1) is 19.6. The number of carbonyl (C=O) groups excluding carboxylic acids is 1. The number of benzene rings is 2. The molecule has 2 fully saturated rings. The Labute approximate surface area is 240 Å². The van der Waals surface area contributed by atoms with Crippen molar-refractivity contribution in [2.45, 2.75) is 32.8 Å². The van der Waals surface area contributed by atoms with E-state index in [0.29, 0.717) is 28.4 Å². The summed E-state index contributed by atoms with van der Waals surface area (Å²) in [5.74, 6) is 3.27. The minimum Gasteiger partial charge on any atom is -0.497 e. The fourth-order valence-electron chi connectivity index (χ4n) is 3.59. The first-order valence-corrected chi connectivity index (χ1v) is 13.7. The summed E-state index contributed by atoms with van der Waals surface area (Å²) in [6.07, 6.45) is 5.04. The van der Waals surface area contributed by atoms with Crippen molar-refractivity contribution in [3.63, 3.8) is 0 Å². The van der Waals surface area contributed by atoms with Crippen LogP contribution in [0.5, 0.6) is 5.75 Å². The summed E-state index contributed by atoms with van der Waals surface area (Å²) < 4.78 is 10.3. The number of methoxy groups -OCH3 is 2. The second kappa shape index (κ2) is 15.6. The molecule has 10 nitrogen and oxygen atoms in total. The lowest BCUT2D eigenvalue weighted by atomic mass is 10.1. The Morgan fingerprint density at radius 1 is 1.02 bits per heavy atom. The number of hydrogen-bond acceptors (Lipinski definition) is 9. The zero-order chi connectivity index (χ0) is 28.9. The van der Waals surface area contributed by atoms with E-state index in [1.54, 1.807) is 14.2 Å². The molecule has 1 aliphatic heterocycles. The number of nitrogens with zero attached hydrogens (tertiary/aromatic N) is 4. The maximum Gasteiger partial charge on any atom is 0.161 e. The maximum absolute atomic E-state index is 9.57. The molecule has 1 saturated carbocycles. The van der Waals surface area contributed by atoms with Gasteiger partial charge in [0.2, 0.25) is 0 Å². The van der Waals surface area contributed by atoms with Gasteiger partial charge in [0.1, 0.15) is 23.4 Å². The van der Waals surface area contributed by atoms with Gasteiger partial charge in [0.05, 0.1) is 18.7 Å². The molecule has 0 spiro atoms. The number of fused-ring (bicyclic) bond motifs is 1. The molecule has 3 heterocycles. The maximum atomic E-state index is 9.57. The van der Waals surface area contributed by atoms with Gasteiger partial charge in [0, 0.05) is 44.2 Å². The Morgan fingerprint density at radius 3 is 2.30 bits per heavy atom. The monoisotopic (exact) mass is 567 g/mol. The fourth-order valence-corrected chi connectivity index (χ4v) is 3.85. The number of aldehydes is 1. The molecule has 0 atom stereocenters. The van der Waals surface area contributed by atoms with Gasteiger partial charge in [-0.05, 0) is 49.2 Å². The van der Waals surface area contributed by atoms with E-state index in [1.807, 2.05) is 69.4 Å². The number of hydrogen-bond donors (Lipinski definition) is 3. The van der Waals surface area contributed by atoms with Gasteiger partial charge in [-0.1, -0.05) is 37.6 Å². The summed E-state index contributed by atoms with van der Waals surface area (Å²) in [6, 6.07) is 15.6. The quantitative estimate of drug-likeness (QED) is 0.233. The highest BCUT2D eigenvalue weighted by Crippen LogP contribution is 2.34. The van der Waals surface area contributed by atoms with Gasteiger partial charge >= 0.3 is 0 Å².